The molecular formula is C24H32N6O2. The summed E-state index contributed by atoms with van der Waals surface area (Å²) in [6, 6.07) is 3.49. The Kier molecular flexibility index (Phi) is 5.79. The number of hydrogen-bond acceptors (Lipinski definition) is 5. The average molecular weight is 437 g/mol. The molecule has 1 fully saturated rings. The van der Waals surface area contributed by atoms with Crippen molar-refractivity contribution >= 4 is 17.4 Å². The molecule has 2 N–H and O–H groups in total. The SMILES string of the molecule is CC(C)c1ccc(C(=O)N2CCC(c3nc4cnccn4c3NC(C)(C)C)CC2)c(=O)[nH]1. The summed E-state index contributed by atoms with van der Waals surface area (Å²) in [6.45, 7) is 11.6. The Morgan fingerprint density at radius 2 is 1.94 bits per heavy atom. The van der Waals surface area contributed by atoms with Crippen molar-refractivity contribution in [3.8, 4) is 0 Å². The second kappa shape index (κ2) is 8.41. The number of nitrogens with zero attached hydrogens (tertiary/aromatic N) is 4. The van der Waals surface area contributed by atoms with Gasteiger partial charge in [0.25, 0.3) is 11.5 Å². The molecule has 0 atom stereocenters. The Balaban J connectivity index is 1.53. The molecule has 1 saturated heterocycles. The molecule has 4 rings (SSSR count). The van der Waals surface area contributed by atoms with Gasteiger partial charge in [0.05, 0.1) is 11.9 Å². The van der Waals surface area contributed by atoms with Gasteiger partial charge in [0.2, 0.25) is 0 Å². The predicted octanol–water partition coefficient (Wildman–Crippen LogP) is 3.77. The zero-order chi connectivity index (χ0) is 23.0. The van der Waals surface area contributed by atoms with Gasteiger partial charge in [0.1, 0.15) is 11.4 Å². The molecule has 0 aliphatic carbocycles. The summed E-state index contributed by atoms with van der Waals surface area (Å²) in [5, 5.41) is 3.60. The predicted molar refractivity (Wildman–Crippen MR) is 125 cm³/mol. The molecule has 0 unspecified atom stereocenters. The van der Waals surface area contributed by atoms with E-state index in [9.17, 15) is 9.59 Å². The minimum atomic E-state index is -0.312. The van der Waals surface area contributed by atoms with Crippen molar-refractivity contribution in [2.45, 2.75) is 64.8 Å². The van der Waals surface area contributed by atoms with E-state index >= 15 is 0 Å². The highest BCUT2D eigenvalue weighted by molar-refractivity contribution is 5.93. The van der Waals surface area contributed by atoms with Gasteiger partial charge >= 0.3 is 0 Å². The molecule has 8 heteroatoms. The molecule has 170 valence electrons. The molecule has 1 amide bonds. The van der Waals surface area contributed by atoms with Crippen LogP contribution in [0.4, 0.5) is 5.82 Å². The molecule has 3 aromatic heterocycles. The third-order valence-corrected chi connectivity index (χ3v) is 5.90. The Morgan fingerprint density at radius 1 is 1.22 bits per heavy atom. The highest BCUT2D eigenvalue weighted by atomic mass is 16.2. The number of carbonyl (C=O) groups excluding carboxylic acids is 1. The summed E-state index contributed by atoms with van der Waals surface area (Å²) in [5.74, 6) is 1.22. The van der Waals surface area contributed by atoms with E-state index in [1.165, 1.54) is 0 Å². The number of H-pyrrole nitrogens is 1. The van der Waals surface area contributed by atoms with E-state index in [0.717, 1.165) is 35.7 Å². The number of pyridine rings is 1. The monoisotopic (exact) mass is 436 g/mol. The van der Waals surface area contributed by atoms with E-state index in [4.69, 9.17) is 4.98 Å². The number of fused-ring (bicyclic) bond motifs is 1. The number of rotatable bonds is 4. The van der Waals surface area contributed by atoms with E-state index in [-0.39, 0.29) is 34.4 Å². The van der Waals surface area contributed by atoms with E-state index in [0.29, 0.717) is 13.1 Å². The van der Waals surface area contributed by atoms with Gasteiger partial charge in [-0.1, -0.05) is 13.8 Å². The number of amides is 1. The molecule has 0 spiro atoms. The van der Waals surface area contributed by atoms with Crippen molar-refractivity contribution in [1.29, 1.82) is 0 Å². The van der Waals surface area contributed by atoms with Crippen LogP contribution in [0.2, 0.25) is 0 Å². The maximum absolute atomic E-state index is 13.0. The molecule has 32 heavy (non-hydrogen) atoms. The van der Waals surface area contributed by atoms with Crippen molar-refractivity contribution < 1.29 is 4.79 Å². The van der Waals surface area contributed by atoms with E-state index in [2.05, 4.69) is 36.1 Å². The van der Waals surface area contributed by atoms with E-state index in [1.54, 1.807) is 23.4 Å². The lowest BCUT2D eigenvalue weighted by molar-refractivity contribution is 0.0710. The van der Waals surface area contributed by atoms with Crippen molar-refractivity contribution in [2.75, 3.05) is 18.4 Å². The normalized spacial score (nSPS) is 15.5. The largest absolute Gasteiger partial charge is 0.365 e. The first-order valence-electron chi connectivity index (χ1n) is 11.3. The van der Waals surface area contributed by atoms with Crippen LogP contribution < -0.4 is 10.9 Å². The fourth-order valence-electron chi connectivity index (χ4n) is 4.21. The van der Waals surface area contributed by atoms with Crippen LogP contribution in [0.15, 0.2) is 35.5 Å². The van der Waals surface area contributed by atoms with Crippen LogP contribution in [0.3, 0.4) is 0 Å². The average Bonchev–Trinajstić information content (AvgIpc) is 3.10. The minimum absolute atomic E-state index is 0.117. The Hall–Kier alpha value is -3.16. The number of likely N-dealkylation sites (tertiary alicyclic amines) is 1. The van der Waals surface area contributed by atoms with Crippen LogP contribution in [-0.4, -0.2) is 48.8 Å². The lowest BCUT2D eigenvalue weighted by Crippen LogP contribution is -2.40. The van der Waals surface area contributed by atoms with Gasteiger partial charge in [0.15, 0.2) is 5.65 Å². The quantitative estimate of drug-likeness (QED) is 0.649. The molecule has 0 aromatic carbocycles. The van der Waals surface area contributed by atoms with Gasteiger partial charge in [-0.25, -0.2) is 4.98 Å². The smallest absolute Gasteiger partial charge is 0.261 e. The highest BCUT2D eigenvalue weighted by Gasteiger charge is 2.30. The fraction of sp³-hybridized carbons (Fsp3) is 0.500. The Morgan fingerprint density at radius 3 is 2.56 bits per heavy atom. The zero-order valence-electron chi connectivity index (χ0n) is 19.5. The van der Waals surface area contributed by atoms with Crippen LogP contribution >= 0.6 is 0 Å². The first-order chi connectivity index (χ1) is 15.1. The molecule has 8 nitrogen and oxygen atoms in total. The van der Waals surface area contributed by atoms with Crippen LogP contribution in [-0.2, 0) is 0 Å². The molecule has 1 aliphatic rings. The van der Waals surface area contributed by atoms with Gasteiger partial charge in [-0.05, 0) is 51.7 Å². The number of carbonyl (C=O) groups is 1. The van der Waals surface area contributed by atoms with Gasteiger partial charge in [-0.3, -0.25) is 19.0 Å². The summed E-state index contributed by atoms with van der Waals surface area (Å²) < 4.78 is 2.04. The van der Waals surface area contributed by atoms with Crippen LogP contribution in [0.25, 0.3) is 5.65 Å². The number of aromatic nitrogens is 4. The van der Waals surface area contributed by atoms with Crippen molar-refractivity contribution in [3.05, 3.63) is 58.0 Å². The van der Waals surface area contributed by atoms with Gasteiger partial charge < -0.3 is 15.2 Å². The summed E-state index contributed by atoms with van der Waals surface area (Å²) in [6.07, 6.45) is 7.04. The van der Waals surface area contributed by atoms with Gasteiger partial charge in [0, 0.05) is 42.6 Å². The lowest BCUT2D eigenvalue weighted by Gasteiger charge is -2.32. The first-order valence-corrected chi connectivity index (χ1v) is 11.3. The summed E-state index contributed by atoms with van der Waals surface area (Å²) in [4.78, 5) is 39.2. The Bertz CT molecular complexity index is 1180. The number of aromatic amines is 1. The summed E-state index contributed by atoms with van der Waals surface area (Å²) >= 11 is 0. The molecule has 0 saturated carbocycles. The highest BCUT2D eigenvalue weighted by Crippen LogP contribution is 2.34. The number of piperidine rings is 1. The van der Waals surface area contributed by atoms with Crippen molar-refractivity contribution in [2.24, 2.45) is 0 Å². The Labute approximate surface area is 188 Å². The molecule has 3 aromatic rings. The maximum atomic E-state index is 13.0. The van der Waals surface area contributed by atoms with Crippen LogP contribution in [0, 0.1) is 0 Å². The standard InChI is InChI=1S/C24H32N6O2/c1-15(2)18-7-6-17(22(31)26-18)23(32)29-11-8-16(9-12-29)20-21(28-24(3,4)5)30-13-10-25-14-19(30)27-20/h6-7,10,13-16,28H,8-9,11-12H2,1-5H3,(H,26,31). The molecule has 0 bridgehead atoms. The number of anilines is 1. The third kappa shape index (κ3) is 4.40. The summed E-state index contributed by atoms with van der Waals surface area (Å²) in [7, 11) is 0. The van der Waals surface area contributed by atoms with Gasteiger partial charge in [-0.2, -0.15) is 0 Å². The molecule has 0 radical (unpaired) electrons. The zero-order valence-corrected chi connectivity index (χ0v) is 19.5. The molecule has 4 heterocycles. The summed E-state index contributed by atoms with van der Waals surface area (Å²) in [5.41, 5.74) is 2.44. The second-order valence-electron chi connectivity index (χ2n) is 9.90. The number of hydrogen-bond donors (Lipinski definition) is 2. The van der Waals surface area contributed by atoms with Gasteiger partial charge in [-0.15, -0.1) is 0 Å². The van der Waals surface area contributed by atoms with Crippen LogP contribution in [0.5, 0.6) is 0 Å². The van der Waals surface area contributed by atoms with E-state index < -0.39 is 0 Å². The minimum Gasteiger partial charge on any atom is -0.365 e. The van der Waals surface area contributed by atoms with Crippen molar-refractivity contribution in [3.63, 3.8) is 0 Å². The van der Waals surface area contributed by atoms with E-state index in [1.807, 2.05) is 30.5 Å². The number of imidazole rings is 1. The van der Waals surface area contributed by atoms with Crippen molar-refractivity contribution in [1.82, 2.24) is 24.3 Å². The molecular weight excluding hydrogens is 404 g/mol. The topological polar surface area (TPSA) is 95.4 Å². The fourth-order valence-corrected chi connectivity index (χ4v) is 4.21. The first kappa shape index (κ1) is 22.0. The third-order valence-electron chi connectivity index (χ3n) is 5.90. The molecule has 1 aliphatic heterocycles. The number of nitrogens with one attached hydrogen (secondary N) is 2. The maximum Gasteiger partial charge on any atom is 0.261 e. The lowest BCUT2D eigenvalue weighted by atomic mass is 9.92. The van der Waals surface area contributed by atoms with Crippen LogP contribution in [0.1, 0.15) is 81.0 Å². The second-order valence-corrected chi connectivity index (χ2v) is 9.90.